The summed E-state index contributed by atoms with van der Waals surface area (Å²) in [5.41, 5.74) is -0.763. The van der Waals surface area contributed by atoms with E-state index in [0.29, 0.717) is 12.0 Å². The van der Waals surface area contributed by atoms with Crippen LogP contribution in [0.1, 0.15) is 51.2 Å². The number of rotatable bonds is 4. The molecule has 0 heterocycles. The van der Waals surface area contributed by atoms with E-state index >= 15 is 0 Å². The molecule has 0 spiro atoms. The monoisotopic (exact) mass is 302 g/mol. The van der Waals surface area contributed by atoms with Crippen LogP contribution in [0, 0.1) is 5.41 Å². The van der Waals surface area contributed by atoms with Gasteiger partial charge in [-0.3, -0.25) is 4.79 Å². The topological polar surface area (TPSA) is 26.3 Å². The lowest BCUT2D eigenvalue weighted by molar-refractivity contribution is -0.153. The fourth-order valence-corrected chi connectivity index (χ4v) is 1.81. The van der Waals surface area contributed by atoms with Crippen molar-refractivity contribution in [3.8, 4) is 0 Å². The molecule has 1 aromatic carbocycles. The van der Waals surface area contributed by atoms with Crippen molar-refractivity contribution in [3.05, 3.63) is 35.4 Å². The smallest absolute Gasteiger partial charge is 0.416 e. The molecule has 2 nitrogen and oxygen atoms in total. The summed E-state index contributed by atoms with van der Waals surface area (Å²) < 4.78 is 43.4. The molecule has 0 amide bonds. The number of halogens is 3. The zero-order valence-electron chi connectivity index (χ0n) is 12.8. The van der Waals surface area contributed by atoms with E-state index in [1.54, 1.807) is 26.8 Å². The molecule has 1 aromatic rings. The van der Waals surface area contributed by atoms with Crippen molar-refractivity contribution >= 4 is 5.97 Å². The highest BCUT2D eigenvalue weighted by Gasteiger charge is 2.31. The minimum atomic E-state index is -4.36. The standard InChI is InChI=1S/C16H21F3O2/c1-5-11(10-21-14(20)15(2,3)4)12-7-6-8-13(9-12)16(17,18)19/h6-9,11H,5,10H2,1-4H3. The summed E-state index contributed by atoms with van der Waals surface area (Å²) in [4.78, 5) is 11.7. The minimum absolute atomic E-state index is 0.0912. The molecule has 5 heteroatoms. The Labute approximate surface area is 123 Å². The van der Waals surface area contributed by atoms with Crippen molar-refractivity contribution in [2.24, 2.45) is 5.41 Å². The molecule has 21 heavy (non-hydrogen) atoms. The Hall–Kier alpha value is -1.52. The van der Waals surface area contributed by atoms with Crippen LogP contribution in [-0.4, -0.2) is 12.6 Å². The third-order valence-corrected chi connectivity index (χ3v) is 3.21. The number of ether oxygens (including phenoxy) is 1. The average Bonchev–Trinajstić information content (AvgIpc) is 2.37. The van der Waals surface area contributed by atoms with Gasteiger partial charge in [-0.2, -0.15) is 13.2 Å². The molecule has 0 saturated heterocycles. The van der Waals surface area contributed by atoms with Gasteiger partial charge in [0.1, 0.15) is 0 Å². The van der Waals surface area contributed by atoms with E-state index < -0.39 is 17.2 Å². The third kappa shape index (κ3) is 5.06. The molecular formula is C16H21F3O2. The number of alkyl halides is 3. The van der Waals surface area contributed by atoms with Gasteiger partial charge in [0.15, 0.2) is 0 Å². The summed E-state index contributed by atoms with van der Waals surface area (Å²) >= 11 is 0. The highest BCUT2D eigenvalue weighted by Crippen LogP contribution is 2.32. The second-order valence-corrected chi connectivity index (χ2v) is 6.08. The van der Waals surface area contributed by atoms with Gasteiger partial charge in [-0.15, -0.1) is 0 Å². The molecule has 1 unspecified atom stereocenters. The maximum absolute atomic E-state index is 12.7. The molecule has 118 valence electrons. The lowest BCUT2D eigenvalue weighted by atomic mass is 9.94. The highest BCUT2D eigenvalue weighted by molar-refractivity contribution is 5.75. The Kier molecular flexibility index (Phi) is 5.42. The van der Waals surface area contributed by atoms with Crippen LogP contribution in [0.15, 0.2) is 24.3 Å². The van der Waals surface area contributed by atoms with Crippen LogP contribution in [0.4, 0.5) is 13.2 Å². The number of benzene rings is 1. The molecular weight excluding hydrogens is 281 g/mol. The molecule has 0 saturated carbocycles. The number of esters is 1. The largest absolute Gasteiger partial charge is 0.465 e. The fraction of sp³-hybridized carbons (Fsp3) is 0.562. The van der Waals surface area contributed by atoms with Gasteiger partial charge in [0, 0.05) is 5.92 Å². The van der Waals surface area contributed by atoms with Crippen molar-refractivity contribution in [1.29, 1.82) is 0 Å². The Morgan fingerprint density at radius 3 is 2.33 bits per heavy atom. The van der Waals surface area contributed by atoms with Crippen molar-refractivity contribution in [2.75, 3.05) is 6.61 Å². The van der Waals surface area contributed by atoms with Crippen molar-refractivity contribution in [3.63, 3.8) is 0 Å². The van der Waals surface area contributed by atoms with Gasteiger partial charge in [0.05, 0.1) is 17.6 Å². The molecule has 0 N–H and O–H groups in total. The highest BCUT2D eigenvalue weighted by atomic mass is 19.4. The molecule has 0 aliphatic heterocycles. The van der Waals surface area contributed by atoms with E-state index in [9.17, 15) is 18.0 Å². The Bertz CT molecular complexity index is 487. The third-order valence-electron chi connectivity index (χ3n) is 3.21. The average molecular weight is 302 g/mol. The van der Waals surface area contributed by atoms with Crippen molar-refractivity contribution in [1.82, 2.24) is 0 Å². The van der Waals surface area contributed by atoms with Crippen LogP contribution in [0.5, 0.6) is 0 Å². The Morgan fingerprint density at radius 1 is 1.24 bits per heavy atom. The van der Waals surface area contributed by atoms with Gasteiger partial charge in [0.2, 0.25) is 0 Å². The Morgan fingerprint density at radius 2 is 1.86 bits per heavy atom. The lowest BCUT2D eigenvalue weighted by Crippen LogP contribution is -2.25. The minimum Gasteiger partial charge on any atom is -0.465 e. The summed E-state index contributed by atoms with van der Waals surface area (Å²) in [7, 11) is 0. The first-order chi connectivity index (χ1) is 9.55. The van der Waals surface area contributed by atoms with Crippen molar-refractivity contribution in [2.45, 2.75) is 46.2 Å². The van der Waals surface area contributed by atoms with Crippen LogP contribution in [0.3, 0.4) is 0 Å². The molecule has 1 rings (SSSR count). The van der Waals surface area contributed by atoms with E-state index in [0.717, 1.165) is 12.1 Å². The second-order valence-electron chi connectivity index (χ2n) is 6.08. The lowest BCUT2D eigenvalue weighted by Gasteiger charge is -2.21. The van der Waals surface area contributed by atoms with Crippen LogP contribution < -0.4 is 0 Å². The van der Waals surface area contributed by atoms with Gasteiger partial charge in [0.25, 0.3) is 0 Å². The number of hydrogen-bond donors (Lipinski definition) is 0. The van der Waals surface area contributed by atoms with E-state index in [-0.39, 0.29) is 18.5 Å². The summed E-state index contributed by atoms with van der Waals surface area (Å²) in [6.07, 6.45) is -3.77. The maximum atomic E-state index is 12.7. The first kappa shape index (κ1) is 17.5. The van der Waals surface area contributed by atoms with Gasteiger partial charge >= 0.3 is 12.1 Å². The van der Waals surface area contributed by atoms with E-state index in [4.69, 9.17) is 4.74 Å². The van der Waals surface area contributed by atoms with E-state index in [1.165, 1.54) is 6.07 Å². The van der Waals surface area contributed by atoms with Crippen molar-refractivity contribution < 1.29 is 22.7 Å². The summed E-state index contributed by atoms with van der Waals surface area (Å²) in [6, 6.07) is 5.18. The zero-order chi connectivity index (χ0) is 16.3. The Balaban J connectivity index is 2.84. The van der Waals surface area contributed by atoms with Gasteiger partial charge < -0.3 is 4.74 Å². The summed E-state index contributed by atoms with van der Waals surface area (Å²) in [5, 5.41) is 0. The molecule has 0 aliphatic rings. The maximum Gasteiger partial charge on any atom is 0.416 e. The molecule has 1 atom stereocenters. The second kappa shape index (κ2) is 6.50. The molecule has 0 fully saturated rings. The summed E-state index contributed by atoms with van der Waals surface area (Å²) in [6.45, 7) is 7.16. The molecule has 0 radical (unpaired) electrons. The zero-order valence-corrected chi connectivity index (χ0v) is 12.8. The first-order valence-electron chi connectivity index (χ1n) is 6.90. The summed E-state index contributed by atoms with van der Waals surface area (Å²) in [5.74, 6) is -0.591. The van der Waals surface area contributed by atoms with Crippen LogP contribution in [-0.2, 0) is 15.7 Å². The number of carbonyl (C=O) groups excluding carboxylic acids is 1. The van der Waals surface area contributed by atoms with Gasteiger partial charge in [-0.05, 0) is 38.8 Å². The quantitative estimate of drug-likeness (QED) is 0.748. The van der Waals surface area contributed by atoms with Crippen LogP contribution >= 0.6 is 0 Å². The fourth-order valence-electron chi connectivity index (χ4n) is 1.81. The van der Waals surface area contributed by atoms with Gasteiger partial charge in [-0.25, -0.2) is 0 Å². The van der Waals surface area contributed by atoms with Crippen LogP contribution in [0.25, 0.3) is 0 Å². The number of carbonyl (C=O) groups is 1. The van der Waals surface area contributed by atoms with E-state index in [2.05, 4.69) is 0 Å². The predicted molar refractivity (Wildman–Crippen MR) is 74.9 cm³/mol. The SMILES string of the molecule is CCC(COC(=O)C(C)(C)C)c1cccc(C(F)(F)F)c1. The molecule has 0 aromatic heterocycles. The predicted octanol–water partition coefficient (Wildman–Crippen LogP) is 4.79. The van der Waals surface area contributed by atoms with Gasteiger partial charge in [-0.1, -0.05) is 25.1 Å². The molecule has 0 bridgehead atoms. The van der Waals surface area contributed by atoms with E-state index in [1.807, 2.05) is 6.92 Å². The number of hydrogen-bond acceptors (Lipinski definition) is 2. The first-order valence-corrected chi connectivity index (χ1v) is 6.90. The normalized spacial score (nSPS) is 13.9. The molecule has 0 aliphatic carbocycles. The van der Waals surface area contributed by atoms with Crippen LogP contribution in [0.2, 0.25) is 0 Å².